The van der Waals surface area contributed by atoms with Gasteiger partial charge in [-0.1, -0.05) is 35.9 Å². The number of hydrogen-bond donors (Lipinski definition) is 4. The Balaban J connectivity index is 0.000000541. The number of nitrogens with one attached hydrogen (secondary N) is 3. The van der Waals surface area contributed by atoms with Gasteiger partial charge in [0.05, 0.1) is 11.2 Å². The Morgan fingerprint density at radius 3 is 2.65 bits per heavy atom. The van der Waals surface area contributed by atoms with Gasteiger partial charge in [0.25, 0.3) is 5.91 Å². The van der Waals surface area contributed by atoms with E-state index < -0.39 is 12.1 Å². The molecular weight excluding hydrogens is 609 g/mol. The Bertz CT molecular complexity index is 1550. The fourth-order valence-electron chi connectivity index (χ4n) is 3.92. The number of hydrogen-bond acceptors (Lipinski definition) is 9. The maximum atomic E-state index is 12.7. The van der Waals surface area contributed by atoms with E-state index in [1.807, 2.05) is 24.3 Å². The van der Waals surface area contributed by atoms with Crippen LogP contribution in [0.2, 0.25) is 5.02 Å². The Morgan fingerprint density at radius 1 is 1.14 bits per heavy atom. The van der Waals surface area contributed by atoms with Gasteiger partial charge in [0.15, 0.2) is 0 Å². The number of alkyl halides is 3. The summed E-state index contributed by atoms with van der Waals surface area (Å²) in [6.45, 7) is 2.27. The summed E-state index contributed by atoms with van der Waals surface area (Å²) in [5.74, 6) is -1.46. The van der Waals surface area contributed by atoms with Gasteiger partial charge >= 0.3 is 12.1 Å². The van der Waals surface area contributed by atoms with Crippen LogP contribution >= 0.6 is 22.9 Å². The number of carbonyl (C=O) groups excluding carboxylic acids is 1. The number of ether oxygens (including phenoxy) is 1. The van der Waals surface area contributed by atoms with Crippen LogP contribution in [0.15, 0.2) is 66.3 Å². The summed E-state index contributed by atoms with van der Waals surface area (Å²) in [7, 11) is 0. The molecule has 0 bridgehead atoms. The topological polar surface area (TPSA) is 138 Å². The molecule has 0 unspecified atom stereocenters. The van der Waals surface area contributed by atoms with Crippen molar-refractivity contribution in [2.75, 3.05) is 18.4 Å². The molecule has 2 aromatic heterocycles. The average Bonchev–Trinajstić information content (AvgIpc) is 3.45. The van der Waals surface area contributed by atoms with Gasteiger partial charge < -0.3 is 25.8 Å². The second-order valence-electron chi connectivity index (χ2n) is 9.15. The minimum Gasteiger partial charge on any atom is -0.475 e. The maximum Gasteiger partial charge on any atom is 0.490 e. The smallest absolute Gasteiger partial charge is 0.475 e. The summed E-state index contributed by atoms with van der Waals surface area (Å²) >= 11 is 7.63. The SMILES string of the molecule is O=C(NCc1ccccc1Cl)c1cccc(Oc2ncsc2-c2ccnc(N[C@H]3CCCNC3)n2)c1.O=C(O)C(F)(F)F. The third-order valence-electron chi connectivity index (χ3n) is 6.00. The van der Waals surface area contributed by atoms with Crippen LogP contribution in [0.3, 0.4) is 0 Å². The number of carboxylic acids is 1. The average molecular weight is 635 g/mol. The predicted molar refractivity (Wildman–Crippen MR) is 155 cm³/mol. The summed E-state index contributed by atoms with van der Waals surface area (Å²) in [4.78, 5) is 35.8. The van der Waals surface area contributed by atoms with Gasteiger partial charge in [0.2, 0.25) is 11.8 Å². The van der Waals surface area contributed by atoms with Crippen LogP contribution in [0.5, 0.6) is 11.6 Å². The second-order valence-corrected chi connectivity index (χ2v) is 10.4. The maximum absolute atomic E-state index is 12.7. The van der Waals surface area contributed by atoms with Crippen molar-refractivity contribution >= 4 is 40.8 Å². The largest absolute Gasteiger partial charge is 0.490 e. The Kier molecular flexibility index (Phi) is 10.9. The second kappa shape index (κ2) is 14.8. The summed E-state index contributed by atoms with van der Waals surface area (Å²) in [6, 6.07) is 16.5. The Labute approximate surface area is 253 Å². The molecule has 226 valence electrons. The van der Waals surface area contributed by atoms with Gasteiger partial charge in [-0.3, -0.25) is 4.79 Å². The quantitative estimate of drug-likeness (QED) is 0.190. The van der Waals surface area contributed by atoms with Crippen LogP contribution in [-0.4, -0.2) is 57.2 Å². The number of rotatable bonds is 8. The zero-order chi connectivity index (χ0) is 30.8. The molecule has 5 rings (SSSR count). The highest BCUT2D eigenvalue weighted by Crippen LogP contribution is 2.35. The van der Waals surface area contributed by atoms with Crippen molar-refractivity contribution in [3.8, 4) is 22.2 Å². The lowest BCUT2D eigenvalue weighted by Crippen LogP contribution is -2.38. The van der Waals surface area contributed by atoms with Crippen molar-refractivity contribution in [1.82, 2.24) is 25.6 Å². The van der Waals surface area contributed by atoms with Crippen molar-refractivity contribution in [3.05, 3.63) is 82.5 Å². The third-order valence-corrected chi connectivity index (χ3v) is 7.20. The lowest BCUT2D eigenvalue weighted by molar-refractivity contribution is -0.192. The number of piperidine rings is 1. The van der Waals surface area contributed by atoms with E-state index in [0.29, 0.717) is 40.8 Å². The number of nitrogens with zero attached hydrogens (tertiary/aromatic N) is 3. The highest BCUT2D eigenvalue weighted by molar-refractivity contribution is 7.13. The lowest BCUT2D eigenvalue weighted by Gasteiger charge is -2.23. The fraction of sp³-hybridized carbons (Fsp3) is 0.250. The first-order valence-corrected chi connectivity index (χ1v) is 14.2. The molecule has 10 nitrogen and oxygen atoms in total. The van der Waals surface area contributed by atoms with E-state index in [1.54, 1.807) is 42.0 Å². The molecule has 1 atom stereocenters. The fourth-order valence-corrected chi connectivity index (χ4v) is 4.81. The molecule has 2 aromatic carbocycles. The van der Waals surface area contributed by atoms with Gasteiger partial charge in [-0.25, -0.2) is 19.7 Å². The molecule has 0 radical (unpaired) electrons. The monoisotopic (exact) mass is 634 g/mol. The molecule has 1 saturated heterocycles. The van der Waals surface area contributed by atoms with Crippen molar-refractivity contribution in [2.45, 2.75) is 31.6 Å². The standard InChI is InChI=1S/C26H25ClN6O2S.C2HF3O2/c27-21-9-2-1-5-18(21)14-30-24(34)17-6-3-8-20(13-17)35-25-23(36-16-31-25)22-10-12-29-26(33-22)32-19-7-4-11-28-15-19;3-2(4,5)1(6)7/h1-3,5-6,8-10,12-13,16,19,28H,4,7,11,14-15H2,(H,30,34)(H,29,32,33);(H,6,7)/t19-;/m0./s1. The summed E-state index contributed by atoms with van der Waals surface area (Å²) in [5.41, 5.74) is 3.77. The minimum atomic E-state index is -5.08. The van der Waals surface area contributed by atoms with Crippen molar-refractivity contribution < 1.29 is 32.6 Å². The van der Waals surface area contributed by atoms with Crippen LogP contribution in [0, 0.1) is 0 Å². The number of aliphatic carboxylic acids is 1. The molecule has 0 aliphatic carbocycles. The van der Waals surface area contributed by atoms with Crippen molar-refractivity contribution in [2.24, 2.45) is 0 Å². The number of halogens is 4. The molecule has 0 saturated carbocycles. The van der Waals surface area contributed by atoms with E-state index in [0.717, 1.165) is 42.1 Å². The Morgan fingerprint density at radius 2 is 1.93 bits per heavy atom. The van der Waals surface area contributed by atoms with Crippen LogP contribution in [0.25, 0.3) is 10.6 Å². The van der Waals surface area contributed by atoms with E-state index in [1.165, 1.54) is 11.3 Å². The molecule has 4 N–H and O–H groups in total. The molecule has 3 heterocycles. The van der Waals surface area contributed by atoms with E-state index in [-0.39, 0.29) is 5.91 Å². The summed E-state index contributed by atoms with van der Waals surface area (Å²) in [5, 5.41) is 17.4. The first kappa shape index (κ1) is 31.7. The van der Waals surface area contributed by atoms with E-state index >= 15 is 0 Å². The first-order valence-electron chi connectivity index (χ1n) is 12.9. The van der Waals surface area contributed by atoms with Gasteiger partial charge in [0, 0.05) is 35.9 Å². The molecule has 1 amide bonds. The molecule has 1 aliphatic heterocycles. The van der Waals surface area contributed by atoms with Gasteiger partial charge in [-0.15, -0.1) is 11.3 Å². The number of carboxylic acid groups (broad SMARTS) is 1. The van der Waals surface area contributed by atoms with Gasteiger partial charge in [-0.2, -0.15) is 13.2 Å². The third kappa shape index (κ3) is 9.36. The molecule has 4 aromatic rings. The molecule has 0 spiro atoms. The zero-order valence-electron chi connectivity index (χ0n) is 22.4. The number of benzene rings is 2. The summed E-state index contributed by atoms with van der Waals surface area (Å²) in [6.07, 6.45) is -1.15. The lowest BCUT2D eigenvalue weighted by atomic mass is 10.1. The normalized spacial score (nSPS) is 14.7. The number of aromatic nitrogens is 3. The van der Waals surface area contributed by atoms with E-state index in [4.69, 9.17) is 26.2 Å². The molecular formula is C28H26ClF3N6O4S. The number of amides is 1. The molecule has 1 aliphatic rings. The predicted octanol–water partition coefficient (Wildman–Crippen LogP) is 5.77. The van der Waals surface area contributed by atoms with Crippen LogP contribution in [0.4, 0.5) is 19.1 Å². The van der Waals surface area contributed by atoms with Crippen LogP contribution in [0.1, 0.15) is 28.8 Å². The number of thiazole rings is 1. The highest BCUT2D eigenvalue weighted by Gasteiger charge is 2.38. The number of anilines is 1. The van der Waals surface area contributed by atoms with E-state index in [9.17, 15) is 18.0 Å². The zero-order valence-corrected chi connectivity index (χ0v) is 24.0. The molecule has 1 fully saturated rings. The highest BCUT2D eigenvalue weighted by atomic mass is 35.5. The number of carbonyl (C=O) groups is 2. The minimum absolute atomic E-state index is 0.220. The van der Waals surface area contributed by atoms with Crippen molar-refractivity contribution in [1.29, 1.82) is 0 Å². The van der Waals surface area contributed by atoms with Gasteiger partial charge in [-0.05, 0) is 55.3 Å². The van der Waals surface area contributed by atoms with Crippen molar-refractivity contribution in [3.63, 3.8) is 0 Å². The molecule has 43 heavy (non-hydrogen) atoms. The van der Waals surface area contributed by atoms with Gasteiger partial charge in [0.1, 0.15) is 10.6 Å². The molecule has 15 heteroatoms. The Hall–Kier alpha value is -4.27. The first-order chi connectivity index (χ1) is 20.6. The van der Waals surface area contributed by atoms with Crippen LogP contribution < -0.4 is 20.7 Å². The summed E-state index contributed by atoms with van der Waals surface area (Å²) < 4.78 is 37.8. The van der Waals surface area contributed by atoms with E-state index in [2.05, 4.69) is 30.9 Å². The van der Waals surface area contributed by atoms with Crippen LogP contribution in [-0.2, 0) is 11.3 Å².